The summed E-state index contributed by atoms with van der Waals surface area (Å²) in [5.41, 5.74) is 0.193. The Morgan fingerprint density at radius 2 is 1.35 bits per heavy atom. The van der Waals surface area contributed by atoms with Crippen LogP contribution in [0.2, 0.25) is 0 Å². The second kappa shape index (κ2) is 13.9. The van der Waals surface area contributed by atoms with E-state index in [9.17, 15) is 29.4 Å². The number of amides is 1. The monoisotopic (exact) mass is 635 g/mol. The zero-order chi connectivity index (χ0) is 32.8. The van der Waals surface area contributed by atoms with E-state index in [1.54, 1.807) is 0 Å². The molecule has 1 saturated heterocycles. The third-order valence-corrected chi connectivity index (χ3v) is 12.2. The fourth-order valence-electron chi connectivity index (χ4n) is 5.96. The van der Waals surface area contributed by atoms with Crippen molar-refractivity contribution in [2.24, 2.45) is 5.92 Å². The highest BCUT2D eigenvalue weighted by Crippen LogP contribution is 2.50. The lowest BCUT2D eigenvalue weighted by molar-refractivity contribution is -0.157. The van der Waals surface area contributed by atoms with Gasteiger partial charge in [0.15, 0.2) is 5.78 Å². The van der Waals surface area contributed by atoms with E-state index in [1.165, 1.54) is 42.2 Å². The zero-order valence-electron chi connectivity index (χ0n) is 25.2. The van der Waals surface area contributed by atoms with Crippen LogP contribution in [0.4, 0.5) is 0 Å². The number of aliphatic hydroxyl groups excluding tert-OH is 1. The summed E-state index contributed by atoms with van der Waals surface area (Å²) in [5, 5.41) is 22.7. The first-order valence-electron chi connectivity index (χ1n) is 14.8. The molecule has 3 atom stereocenters. The van der Waals surface area contributed by atoms with Gasteiger partial charge in [0.05, 0.1) is 30.0 Å². The Kier molecular flexibility index (Phi) is 9.81. The molecule has 1 heterocycles. The van der Waals surface area contributed by atoms with Crippen molar-refractivity contribution in [3.05, 3.63) is 139 Å². The molecule has 0 radical (unpaired) electrons. The molecule has 0 aliphatic carbocycles. The number of aliphatic hydroxyl groups is 1. The Morgan fingerprint density at radius 3 is 1.80 bits per heavy atom. The van der Waals surface area contributed by atoms with Gasteiger partial charge >= 0.3 is 11.9 Å². The van der Waals surface area contributed by atoms with E-state index in [1.807, 2.05) is 91.0 Å². The number of Topliss-reactive ketones (excluding diaryl/α,β-unsaturated/α-hetero) is 1. The minimum absolute atomic E-state index is 0.0488. The number of carbonyl (C=O) groups excluding carboxylic acids is 3. The minimum Gasteiger partial charge on any atom is -0.478 e. The van der Waals surface area contributed by atoms with E-state index in [2.05, 4.69) is 6.58 Å². The Bertz CT molecular complexity index is 1720. The molecule has 2 N–H and O–H groups in total. The van der Waals surface area contributed by atoms with Gasteiger partial charge in [-0.2, -0.15) is 0 Å². The van der Waals surface area contributed by atoms with E-state index in [0.29, 0.717) is 0 Å². The molecule has 1 fully saturated rings. The number of hydrogen-bond donors (Lipinski definition) is 2. The van der Waals surface area contributed by atoms with Crippen molar-refractivity contribution >= 4 is 52.0 Å². The Balaban J connectivity index is 1.82. The third kappa shape index (κ3) is 6.10. The van der Waals surface area contributed by atoms with Gasteiger partial charge in [-0.3, -0.25) is 19.3 Å². The van der Waals surface area contributed by atoms with Crippen molar-refractivity contribution in [2.45, 2.75) is 31.9 Å². The maximum Gasteiger partial charge on any atom is 0.335 e. The fraction of sp³-hybridized carbons (Fsp3) is 0.162. The van der Waals surface area contributed by atoms with Gasteiger partial charge in [-0.1, -0.05) is 109 Å². The number of ether oxygens (including phenoxy) is 1. The predicted molar refractivity (Wildman–Crippen MR) is 179 cm³/mol. The molecule has 1 aliphatic rings. The number of β-lactam (4-membered cyclic amide) rings is 1. The molecular formula is C37H34NO7P. The summed E-state index contributed by atoms with van der Waals surface area (Å²) in [6.07, 6.45) is -0.0730. The molecule has 0 aromatic heterocycles. The second-order valence-corrected chi connectivity index (χ2v) is 14.3. The van der Waals surface area contributed by atoms with Crippen LogP contribution in [0.3, 0.4) is 0 Å². The van der Waals surface area contributed by atoms with Crippen molar-refractivity contribution in [2.75, 3.05) is 0 Å². The largest absolute Gasteiger partial charge is 0.478 e. The molecule has 4 aromatic rings. The first-order valence-corrected chi connectivity index (χ1v) is 16.6. The summed E-state index contributed by atoms with van der Waals surface area (Å²) in [4.78, 5) is 54.3. The van der Waals surface area contributed by atoms with Crippen molar-refractivity contribution in [1.82, 2.24) is 4.90 Å². The van der Waals surface area contributed by atoms with Gasteiger partial charge in [0, 0.05) is 18.9 Å². The van der Waals surface area contributed by atoms with Crippen LogP contribution in [0, 0.1) is 5.92 Å². The van der Waals surface area contributed by atoms with E-state index in [0.717, 1.165) is 15.9 Å². The average molecular weight is 636 g/mol. The number of rotatable bonds is 12. The maximum absolute atomic E-state index is 14.2. The molecule has 5 rings (SSSR count). The number of hydrogen-bond acceptors (Lipinski definition) is 6. The van der Waals surface area contributed by atoms with Crippen LogP contribution in [0.25, 0.3) is 0 Å². The molecule has 1 aliphatic heterocycles. The molecule has 3 unspecified atom stereocenters. The zero-order valence-corrected chi connectivity index (χ0v) is 26.1. The van der Waals surface area contributed by atoms with Crippen molar-refractivity contribution in [3.63, 3.8) is 0 Å². The number of ketones is 1. The maximum atomic E-state index is 14.2. The van der Waals surface area contributed by atoms with E-state index in [4.69, 9.17) is 4.74 Å². The highest BCUT2D eigenvalue weighted by Gasteiger charge is 2.55. The van der Waals surface area contributed by atoms with Crippen LogP contribution in [0.5, 0.6) is 0 Å². The lowest BCUT2D eigenvalue weighted by Crippen LogP contribution is -2.67. The molecular weight excluding hydrogens is 601 g/mol. The van der Waals surface area contributed by atoms with E-state index >= 15 is 0 Å². The first kappa shape index (κ1) is 32.4. The second-order valence-electron chi connectivity index (χ2n) is 11.0. The van der Waals surface area contributed by atoms with Crippen LogP contribution in [-0.2, 0) is 14.3 Å². The van der Waals surface area contributed by atoms with Crippen LogP contribution < -0.4 is 15.9 Å². The number of aromatic carboxylic acids is 1. The normalized spacial score (nSPS) is 16.6. The van der Waals surface area contributed by atoms with Crippen LogP contribution in [0.15, 0.2) is 128 Å². The Morgan fingerprint density at radius 1 is 0.848 bits per heavy atom. The van der Waals surface area contributed by atoms with Crippen molar-refractivity contribution in [1.29, 1.82) is 0 Å². The summed E-state index contributed by atoms with van der Waals surface area (Å²) >= 11 is 0. The predicted octanol–water partition coefficient (Wildman–Crippen LogP) is 4.37. The molecule has 0 saturated carbocycles. The van der Waals surface area contributed by atoms with Gasteiger partial charge in [-0.15, -0.1) is 6.58 Å². The van der Waals surface area contributed by atoms with Gasteiger partial charge in [0.2, 0.25) is 11.5 Å². The summed E-state index contributed by atoms with van der Waals surface area (Å²) < 4.78 is 6.28. The number of nitrogens with zero attached hydrogens (tertiary/aromatic N) is 1. The van der Waals surface area contributed by atoms with Gasteiger partial charge < -0.3 is 14.9 Å². The Labute approximate surface area is 267 Å². The van der Waals surface area contributed by atoms with Gasteiger partial charge in [0.1, 0.15) is 0 Å². The first-order chi connectivity index (χ1) is 22.2. The average Bonchev–Trinajstić information content (AvgIpc) is 3.06. The quantitative estimate of drug-likeness (QED) is 0.0780. The molecule has 4 aromatic carbocycles. The number of esters is 1. The molecule has 234 valence electrons. The molecule has 46 heavy (non-hydrogen) atoms. The number of carboxylic acid groups (broad SMARTS) is 1. The number of carboxylic acids is 1. The SMILES string of the molecule is C=CCC(=O)OC(N1C(=O)C(C(C)O)C1CC(=O)c1cccc(C(=O)O)c1)=P(c1ccccc1)(c1ccccc1)c1ccccc1. The molecule has 0 bridgehead atoms. The van der Waals surface area contributed by atoms with E-state index in [-0.39, 0.29) is 29.6 Å². The topological polar surface area (TPSA) is 121 Å². The smallest absolute Gasteiger partial charge is 0.335 e. The van der Waals surface area contributed by atoms with Crippen LogP contribution in [0.1, 0.15) is 40.5 Å². The van der Waals surface area contributed by atoms with Gasteiger partial charge in [0.25, 0.3) is 0 Å². The summed E-state index contributed by atoms with van der Waals surface area (Å²) in [6.45, 7) is 2.01. The number of carbonyl (C=O) groups is 4. The number of benzene rings is 4. The van der Waals surface area contributed by atoms with Crippen LogP contribution >= 0.6 is 6.89 Å². The lowest BCUT2D eigenvalue weighted by atomic mass is 9.80. The van der Waals surface area contributed by atoms with Gasteiger partial charge in [-0.05, 0) is 35.0 Å². The number of likely N-dealkylation sites (tertiary alicyclic amines) is 1. The summed E-state index contributed by atoms with van der Waals surface area (Å²) in [5.74, 6) is -3.68. The van der Waals surface area contributed by atoms with Crippen molar-refractivity contribution < 1.29 is 34.1 Å². The third-order valence-electron chi connectivity index (χ3n) is 8.05. The molecule has 8 nitrogen and oxygen atoms in total. The minimum atomic E-state index is -3.16. The highest BCUT2D eigenvalue weighted by molar-refractivity contribution is 7.95. The Hall–Kier alpha value is -5.04. The molecule has 1 amide bonds. The standard InChI is InChI=1S/C37H34NO7P/c1-3-14-33(41)45-37(38-31(34(25(2)39)35(38)42)24-32(40)26-15-13-16-27(23-26)36(43)44)46(28-17-7-4-8-18-28,29-19-9-5-10-20-29)30-21-11-6-12-22-30/h3-13,15-23,25,31,34,39H,1,14,24H2,2H3,(H,43,44). The fourth-order valence-corrected chi connectivity index (χ4v) is 10.2. The van der Waals surface area contributed by atoms with Gasteiger partial charge in [-0.25, -0.2) is 4.79 Å². The van der Waals surface area contributed by atoms with Crippen molar-refractivity contribution in [3.8, 4) is 0 Å². The van der Waals surface area contributed by atoms with E-state index < -0.39 is 48.6 Å². The molecule has 9 heteroatoms. The summed E-state index contributed by atoms with van der Waals surface area (Å²) in [7, 11) is 0. The summed E-state index contributed by atoms with van der Waals surface area (Å²) in [6, 6.07) is 33.3. The lowest BCUT2D eigenvalue weighted by Gasteiger charge is -2.50. The van der Waals surface area contributed by atoms with Crippen LogP contribution in [-0.4, -0.2) is 56.5 Å². The highest BCUT2D eigenvalue weighted by atomic mass is 31.2. The molecule has 0 spiro atoms.